The van der Waals surface area contributed by atoms with E-state index in [9.17, 15) is 42.9 Å². The van der Waals surface area contributed by atoms with Gasteiger partial charge in [-0.1, -0.05) is 6.92 Å². The number of nitrogens with zero attached hydrogens (tertiary/aromatic N) is 5. The molecule has 16 nitrogen and oxygen atoms in total. The summed E-state index contributed by atoms with van der Waals surface area (Å²) in [5, 5.41) is 29.4. The average molecular weight is 640 g/mol. The monoisotopic (exact) mass is 639 g/mol. The van der Waals surface area contributed by atoms with Crippen molar-refractivity contribution in [1.82, 2.24) is 18.7 Å². The van der Waals surface area contributed by atoms with Gasteiger partial charge in [-0.2, -0.15) is 17.7 Å². The lowest BCUT2D eigenvalue weighted by Crippen LogP contribution is -2.46. The zero-order chi connectivity index (χ0) is 32.3. The number of halogens is 3. The summed E-state index contributed by atoms with van der Waals surface area (Å²) in [5.41, 5.74) is -5.99. The standard InChI is InChI=1S/C22H28N5O8.CHF3O3S/c1-3-6-26-12-23-18-15(26)19(31)27(22(33)24(18)2)8-9-34-21(32)13-5-4-7-25(10-13)20-17(30)16(29)14(11-28)35-20;2-1(3,4)8(5,6)7/h4-5,7,10,12,14,16-17,20,28-30H,3,6,8-9,11H2,1-2H3;(H,5,6,7)/q+1;/p-1/t14-,16-,17-,20-;/m1./s1. The Kier molecular flexibility index (Phi) is 10.5. The first-order valence-corrected chi connectivity index (χ1v) is 13.9. The summed E-state index contributed by atoms with van der Waals surface area (Å²) in [6, 6.07) is 3.02. The minimum Gasteiger partial charge on any atom is -0.741 e. The highest BCUT2D eigenvalue weighted by atomic mass is 32.2. The van der Waals surface area contributed by atoms with Crippen molar-refractivity contribution in [3.8, 4) is 0 Å². The Hall–Kier alpha value is -3.69. The van der Waals surface area contributed by atoms with Crippen molar-refractivity contribution in [3.05, 3.63) is 57.3 Å². The van der Waals surface area contributed by atoms with E-state index in [-0.39, 0.29) is 18.7 Å². The molecule has 4 rings (SSSR count). The minimum atomic E-state index is -6.09. The van der Waals surface area contributed by atoms with Crippen LogP contribution in [0.2, 0.25) is 0 Å². The number of aliphatic hydroxyl groups excluding tert-OH is 3. The largest absolute Gasteiger partial charge is 0.741 e. The summed E-state index contributed by atoms with van der Waals surface area (Å²) in [7, 11) is -4.57. The summed E-state index contributed by atoms with van der Waals surface area (Å²) in [6.07, 6.45) is 0.684. The number of esters is 1. The van der Waals surface area contributed by atoms with Crippen molar-refractivity contribution in [1.29, 1.82) is 0 Å². The fourth-order valence-electron chi connectivity index (χ4n) is 4.14. The van der Waals surface area contributed by atoms with Crippen LogP contribution in [0, 0.1) is 0 Å². The van der Waals surface area contributed by atoms with Crippen LogP contribution in [0.3, 0.4) is 0 Å². The van der Waals surface area contributed by atoms with E-state index in [1.54, 1.807) is 4.57 Å². The average Bonchev–Trinajstić information content (AvgIpc) is 3.49. The van der Waals surface area contributed by atoms with Crippen LogP contribution < -0.4 is 15.8 Å². The molecule has 0 aromatic carbocycles. The molecule has 43 heavy (non-hydrogen) atoms. The van der Waals surface area contributed by atoms with Crippen LogP contribution in [-0.2, 0) is 39.7 Å². The second-order valence-corrected chi connectivity index (χ2v) is 10.6. The van der Waals surface area contributed by atoms with E-state index >= 15 is 0 Å². The summed E-state index contributed by atoms with van der Waals surface area (Å²) < 4.78 is 75.0. The molecule has 0 unspecified atom stereocenters. The van der Waals surface area contributed by atoms with Gasteiger partial charge in [-0.3, -0.25) is 13.9 Å². The Morgan fingerprint density at radius 1 is 1.23 bits per heavy atom. The van der Waals surface area contributed by atoms with Crippen molar-refractivity contribution < 1.29 is 60.3 Å². The maximum Gasteiger partial charge on any atom is 0.485 e. The number of aromatic nitrogens is 5. The van der Waals surface area contributed by atoms with Gasteiger partial charge < -0.3 is 33.9 Å². The first-order valence-electron chi connectivity index (χ1n) is 12.5. The normalized spacial score (nSPS) is 20.6. The van der Waals surface area contributed by atoms with Gasteiger partial charge in [0.1, 0.15) is 24.4 Å². The quantitative estimate of drug-likeness (QED) is 0.107. The van der Waals surface area contributed by atoms with Crippen LogP contribution in [0.1, 0.15) is 29.9 Å². The highest BCUT2D eigenvalue weighted by Crippen LogP contribution is 2.25. The Morgan fingerprint density at radius 2 is 1.88 bits per heavy atom. The first kappa shape index (κ1) is 33.8. The molecule has 1 aliphatic heterocycles. The van der Waals surface area contributed by atoms with Gasteiger partial charge >= 0.3 is 17.2 Å². The van der Waals surface area contributed by atoms with Crippen LogP contribution in [0.4, 0.5) is 13.2 Å². The van der Waals surface area contributed by atoms with Crippen LogP contribution in [-0.4, -0.2) is 90.0 Å². The van der Waals surface area contributed by atoms with Crippen LogP contribution >= 0.6 is 0 Å². The molecular weight excluding hydrogens is 611 g/mol. The number of imidazole rings is 1. The van der Waals surface area contributed by atoms with Crippen molar-refractivity contribution in [2.75, 3.05) is 13.2 Å². The number of ether oxygens (including phenoxy) is 2. The zero-order valence-electron chi connectivity index (χ0n) is 22.6. The van der Waals surface area contributed by atoms with E-state index in [1.807, 2.05) is 6.92 Å². The van der Waals surface area contributed by atoms with Gasteiger partial charge in [-0.25, -0.2) is 23.0 Å². The summed E-state index contributed by atoms with van der Waals surface area (Å²) in [4.78, 5) is 42.4. The lowest BCUT2D eigenvalue weighted by Gasteiger charge is -2.11. The maximum atomic E-state index is 13.0. The zero-order valence-corrected chi connectivity index (χ0v) is 23.4. The van der Waals surface area contributed by atoms with E-state index < -0.39 is 64.0 Å². The Morgan fingerprint density at radius 3 is 2.44 bits per heavy atom. The molecule has 20 heteroatoms. The predicted molar refractivity (Wildman–Crippen MR) is 135 cm³/mol. The van der Waals surface area contributed by atoms with Gasteiger partial charge in [0.15, 0.2) is 39.8 Å². The molecular formula is C23H28F3N5O11S. The molecule has 0 spiro atoms. The second kappa shape index (κ2) is 13.3. The van der Waals surface area contributed by atoms with Crippen LogP contribution in [0.15, 0.2) is 40.4 Å². The third kappa shape index (κ3) is 7.28. The number of fused-ring (bicyclic) bond motifs is 1. The van der Waals surface area contributed by atoms with Gasteiger partial charge in [0.05, 0.1) is 19.5 Å². The molecule has 4 heterocycles. The number of carbonyl (C=O) groups excluding carboxylic acids is 1. The Labute approximate surface area is 240 Å². The van der Waals surface area contributed by atoms with E-state index in [2.05, 4.69) is 4.98 Å². The first-order chi connectivity index (χ1) is 20.0. The van der Waals surface area contributed by atoms with E-state index in [1.165, 1.54) is 47.0 Å². The van der Waals surface area contributed by atoms with Crippen LogP contribution in [0.25, 0.3) is 11.2 Å². The molecule has 3 aromatic heterocycles. The van der Waals surface area contributed by atoms with Gasteiger partial charge in [0.25, 0.3) is 11.8 Å². The van der Waals surface area contributed by atoms with Gasteiger partial charge in [0.2, 0.25) is 0 Å². The number of rotatable bonds is 8. The number of hydrogen-bond donors (Lipinski definition) is 3. The Balaban J connectivity index is 0.000000557. The molecule has 0 saturated carbocycles. The lowest BCUT2D eigenvalue weighted by molar-refractivity contribution is -0.765. The second-order valence-electron chi connectivity index (χ2n) is 9.21. The Bertz CT molecular complexity index is 1690. The summed E-state index contributed by atoms with van der Waals surface area (Å²) in [6.45, 7) is 1.69. The lowest BCUT2D eigenvalue weighted by atomic mass is 10.1. The molecule has 3 aromatic rings. The highest BCUT2D eigenvalue weighted by molar-refractivity contribution is 7.86. The fraction of sp³-hybridized carbons (Fsp3) is 0.522. The molecule has 1 aliphatic rings. The third-order valence-corrected chi connectivity index (χ3v) is 6.83. The van der Waals surface area contributed by atoms with Gasteiger partial charge in [-0.05, 0) is 12.5 Å². The number of aliphatic hydroxyl groups is 3. The molecule has 1 saturated heterocycles. The molecule has 0 amide bonds. The number of hydrogen-bond acceptors (Lipinski definition) is 12. The number of carbonyl (C=O) groups is 1. The van der Waals surface area contributed by atoms with E-state index in [4.69, 9.17) is 22.4 Å². The third-order valence-electron chi connectivity index (χ3n) is 6.27. The van der Waals surface area contributed by atoms with Crippen molar-refractivity contribution in [2.24, 2.45) is 7.05 Å². The SMILES string of the molecule is CCCn1cnc2c1c(=O)n(CCOC(=O)c1ccc[n+]([C@@H]3O[C@H](CO)[C@@H](O)[C@H]3O)c1)c(=O)n2C.O=S(=O)([O-])C(F)(F)F. The molecule has 0 radical (unpaired) electrons. The number of pyridine rings is 1. The van der Waals surface area contributed by atoms with Crippen molar-refractivity contribution in [2.45, 2.75) is 56.5 Å². The van der Waals surface area contributed by atoms with Crippen molar-refractivity contribution in [3.63, 3.8) is 0 Å². The molecule has 238 valence electrons. The molecule has 0 bridgehead atoms. The molecule has 1 fully saturated rings. The fourth-order valence-corrected chi connectivity index (χ4v) is 4.14. The summed E-state index contributed by atoms with van der Waals surface area (Å²) in [5.74, 6) is -0.715. The number of alkyl halides is 3. The summed E-state index contributed by atoms with van der Waals surface area (Å²) >= 11 is 0. The predicted octanol–water partition coefficient (Wildman–Crippen LogP) is -1.89. The van der Waals surface area contributed by atoms with Crippen LogP contribution in [0.5, 0.6) is 0 Å². The van der Waals surface area contributed by atoms with E-state index in [0.29, 0.717) is 17.7 Å². The van der Waals surface area contributed by atoms with E-state index in [0.717, 1.165) is 11.0 Å². The van der Waals surface area contributed by atoms with Gasteiger partial charge in [0, 0.05) is 19.7 Å². The molecule has 0 aliphatic carbocycles. The maximum absolute atomic E-state index is 13.0. The topological polar surface area (TPSA) is 219 Å². The number of aryl methyl sites for hydroxylation is 2. The highest BCUT2D eigenvalue weighted by Gasteiger charge is 2.48. The van der Waals surface area contributed by atoms with Gasteiger partial charge in [-0.15, -0.1) is 0 Å². The molecule has 4 atom stereocenters. The van der Waals surface area contributed by atoms with Crippen molar-refractivity contribution >= 4 is 27.3 Å². The smallest absolute Gasteiger partial charge is 0.485 e. The minimum absolute atomic E-state index is 0.127. The molecule has 3 N–H and O–H groups in total.